The van der Waals surface area contributed by atoms with Gasteiger partial charge in [0.25, 0.3) is 0 Å². The Morgan fingerprint density at radius 2 is 1.90 bits per heavy atom. The number of aryl methyl sites for hydroxylation is 2. The summed E-state index contributed by atoms with van der Waals surface area (Å²) >= 11 is 0. The van der Waals surface area contributed by atoms with Gasteiger partial charge in [0.15, 0.2) is 17.8 Å². The van der Waals surface area contributed by atoms with E-state index in [1.54, 1.807) is 0 Å². The van der Waals surface area contributed by atoms with Crippen LogP contribution in [-0.4, -0.2) is 39.6 Å². The number of nitrogens with zero attached hydrogens (tertiary/aromatic N) is 1. The van der Waals surface area contributed by atoms with E-state index >= 15 is 0 Å². The van der Waals surface area contributed by atoms with Gasteiger partial charge in [-0.25, -0.2) is 13.2 Å². The second-order valence-electron chi connectivity index (χ2n) is 8.29. The topological polar surface area (TPSA) is 62.6 Å². The first-order chi connectivity index (χ1) is 14.8. The lowest BCUT2D eigenvalue weighted by Gasteiger charge is -2.20. The Bertz CT molecular complexity index is 996. The second-order valence-corrected chi connectivity index (χ2v) is 8.29. The van der Waals surface area contributed by atoms with Crippen LogP contribution in [-0.2, 0) is 11.2 Å². The summed E-state index contributed by atoms with van der Waals surface area (Å²) in [6, 6.07) is 2.69. The van der Waals surface area contributed by atoms with Gasteiger partial charge in [0, 0.05) is 17.8 Å². The molecule has 2 N–H and O–H groups in total. The lowest BCUT2D eigenvalue weighted by Crippen LogP contribution is -2.34. The van der Waals surface area contributed by atoms with E-state index in [2.05, 4.69) is 24.1 Å². The fourth-order valence-corrected chi connectivity index (χ4v) is 4.64. The van der Waals surface area contributed by atoms with Crippen LogP contribution in [0, 0.1) is 18.6 Å². The van der Waals surface area contributed by atoms with Crippen molar-refractivity contribution in [2.45, 2.75) is 69.6 Å². The molecule has 1 aromatic heterocycles. The molecule has 2 aliphatic rings. The zero-order valence-electron chi connectivity index (χ0n) is 17.4. The van der Waals surface area contributed by atoms with E-state index in [-0.39, 0.29) is 11.5 Å². The van der Waals surface area contributed by atoms with E-state index in [1.165, 1.54) is 11.1 Å². The van der Waals surface area contributed by atoms with Gasteiger partial charge in [-0.05, 0) is 60.6 Å². The molecule has 4 rings (SSSR count). The van der Waals surface area contributed by atoms with Crippen molar-refractivity contribution in [2.75, 3.05) is 0 Å². The van der Waals surface area contributed by atoms with Crippen molar-refractivity contribution in [3.05, 3.63) is 70.1 Å². The van der Waals surface area contributed by atoms with Gasteiger partial charge in [-0.2, -0.15) is 0 Å². The van der Waals surface area contributed by atoms with Crippen molar-refractivity contribution in [2.24, 2.45) is 0 Å². The minimum absolute atomic E-state index is 0.131. The van der Waals surface area contributed by atoms with Gasteiger partial charge in [-0.3, -0.25) is 4.98 Å². The van der Waals surface area contributed by atoms with Crippen LogP contribution in [0.3, 0.4) is 0 Å². The molecule has 6 unspecified atom stereocenters. The van der Waals surface area contributed by atoms with Gasteiger partial charge in [-0.15, -0.1) is 0 Å². The summed E-state index contributed by atoms with van der Waals surface area (Å²) < 4.78 is 47.2. The molecule has 0 bridgehead atoms. The van der Waals surface area contributed by atoms with E-state index in [9.17, 15) is 23.4 Å². The van der Waals surface area contributed by atoms with Crippen molar-refractivity contribution in [1.82, 2.24) is 4.98 Å². The van der Waals surface area contributed by atoms with Crippen LogP contribution in [0.1, 0.15) is 59.8 Å². The number of benzene rings is 1. The Morgan fingerprint density at radius 1 is 1.13 bits per heavy atom. The first kappa shape index (κ1) is 22.0. The standard InChI is InChI=1S/C24H26F3NO3/c1-3-13-11-28-12(2)16-7-4-14(20(13)16)6-9-19-22(29)23(30)24(31-19)21(27)15-5-8-17(25)18(26)10-15/h4-5,7-8,10-11,14,19,21-24,29-30H,3,6,9H2,1-2H3. The van der Waals surface area contributed by atoms with Crippen LogP contribution in [0.5, 0.6) is 0 Å². The van der Waals surface area contributed by atoms with E-state index in [4.69, 9.17) is 4.74 Å². The van der Waals surface area contributed by atoms with Gasteiger partial charge >= 0.3 is 0 Å². The van der Waals surface area contributed by atoms with Crippen molar-refractivity contribution in [3.8, 4) is 0 Å². The normalized spacial score (nSPS) is 28.2. The monoisotopic (exact) mass is 433 g/mol. The van der Waals surface area contributed by atoms with Crippen molar-refractivity contribution < 1.29 is 28.1 Å². The third-order valence-corrected chi connectivity index (χ3v) is 6.40. The number of fused-ring (bicyclic) bond motifs is 1. The lowest BCUT2D eigenvalue weighted by atomic mass is 9.89. The van der Waals surface area contributed by atoms with Gasteiger partial charge in [-0.1, -0.05) is 25.1 Å². The summed E-state index contributed by atoms with van der Waals surface area (Å²) in [6.45, 7) is 4.04. The molecule has 0 amide bonds. The number of aliphatic hydroxyl groups is 2. The van der Waals surface area contributed by atoms with Gasteiger partial charge in [0.05, 0.1) is 6.10 Å². The zero-order chi connectivity index (χ0) is 22.3. The number of ether oxygens (including phenoxy) is 1. The summed E-state index contributed by atoms with van der Waals surface area (Å²) in [6.07, 6.45) is 1.26. The van der Waals surface area contributed by atoms with E-state index in [1.807, 2.05) is 13.1 Å². The van der Waals surface area contributed by atoms with Crippen LogP contribution < -0.4 is 0 Å². The molecule has 166 valence electrons. The molecule has 0 radical (unpaired) electrons. The Morgan fingerprint density at radius 3 is 2.61 bits per heavy atom. The smallest absolute Gasteiger partial charge is 0.159 e. The fraction of sp³-hybridized carbons (Fsp3) is 0.458. The number of halogens is 3. The molecule has 2 heterocycles. The molecule has 31 heavy (non-hydrogen) atoms. The fourth-order valence-electron chi connectivity index (χ4n) is 4.64. The highest BCUT2D eigenvalue weighted by Gasteiger charge is 2.47. The predicted octanol–water partition coefficient (Wildman–Crippen LogP) is 4.32. The molecule has 1 aromatic carbocycles. The van der Waals surface area contributed by atoms with Crippen molar-refractivity contribution >= 4 is 6.08 Å². The van der Waals surface area contributed by atoms with Gasteiger partial charge < -0.3 is 14.9 Å². The molecule has 1 aliphatic carbocycles. The number of aliphatic hydroxyl groups excluding tert-OH is 2. The highest BCUT2D eigenvalue weighted by Crippen LogP contribution is 2.40. The first-order valence-corrected chi connectivity index (χ1v) is 10.6. The Labute approximate surface area is 179 Å². The third-order valence-electron chi connectivity index (χ3n) is 6.40. The maximum atomic E-state index is 14.9. The van der Waals surface area contributed by atoms with Crippen LogP contribution in [0.25, 0.3) is 6.08 Å². The number of hydrogen-bond acceptors (Lipinski definition) is 4. The number of aromatic nitrogens is 1. The highest BCUT2D eigenvalue weighted by atomic mass is 19.2. The molecule has 0 saturated carbocycles. The summed E-state index contributed by atoms with van der Waals surface area (Å²) in [5.74, 6) is -2.12. The number of alkyl halides is 1. The Kier molecular flexibility index (Phi) is 6.19. The van der Waals surface area contributed by atoms with Crippen LogP contribution in [0.2, 0.25) is 0 Å². The summed E-state index contributed by atoms with van der Waals surface area (Å²) in [5, 5.41) is 20.8. The predicted molar refractivity (Wildman–Crippen MR) is 110 cm³/mol. The second kappa shape index (κ2) is 8.73. The molecule has 1 saturated heterocycles. The summed E-state index contributed by atoms with van der Waals surface area (Å²) in [4.78, 5) is 4.44. The highest BCUT2D eigenvalue weighted by molar-refractivity contribution is 5.66. The maximum absolute atomic E-state index is 14.9. The summed E-state index contributed by atoms with van der Waals surface area (Å²) in [5.41, 5.74) is 4.34. The minimum Gasteiger partial charge on any atom is -0.388 e. The molecule has 1 fully saturated rings. The molecule has 6 atom stereocenters. The number of pyridine rings is 1. The average molecular weight is 433 g/mol. The van der Waals surface area contributed by atoms with E-state index in [0.717, 1.165) is 35.9 Å². The molecular formula is C24H26F3NO3. The largest absolute Gasteiger partial charge is 0.388 e. The number of rotatable bonds is 6. The summed E-state index contributed by atoms with van der Waals surface area (Å²) in [7, 11) is 0. The molecule has 1 aliphatic heterocycles. The van der Waals surface area contributed by atoms with E-state index in [0.29, 0.717) is 12.8 Å². The SMILES string of the molecule is CCc1cnc(C)c2c1C(CCC1OC(C(F)c3ccc(F)c(F)c3)C(O)C1O)C=C2. The Balaban J connectivity index is 1.45. The number of hydrogen-bond donors (Lipinski definition) is 2. The average Bonchev–Trinajstić information content (AvgIpc) is 3.31. The maximum Gasteiger partial charge on any atom is 0.159 e. The molecule has 0 spiro atoms. The quantitative estimate of drug-likeness (QED) is 0.712. The van der Waals surface area contributed by atoms with Crippen LogP contribution >= 0.6 is 0 Å². The molecule has 2 aromatic rings. The molecule has 7 heteroatoms. The lowest BCUT2D eigenvalue weighted by molar-refractivity contribution is -0.0399. The number of allylic oxidation sites excluding steroid dienone is 1. The van der Waals surface area contributed by atoms with Gasteiger partial charge in [0.2, 0.25) is 0 Å². The Hall–Kier alpha value is -2.22. The van der Waals surface area contributed by atoms with Crippen molar-refractivity contribution in [3.63, 3.8) is 0 Å². The van der Waals surface area contributed by atoms with Crippen LogP contribution in [0.4, 0.5) is 13.2 Å². The third kappa shape index (κ3) is 4.02. The minimum atomic E-state index is -1.89. The van der Waals surface area contributed by atoms with Crippen LogP contribution in [0.15, 0.2) is 30.5 Å². The molecule has 4 nitrogen and oxygen atoms in total. The molecular weight excluding hydrogens is 407 g/mol. The van der Waals surface area contributed by atoms with Gasteiger partial charge in [0.1, 0.15) is 18.3 Å². The van der Waals surface area contributed by atoms with Crippen molar-refractivity contribution in [1.29, 1.82) is 0 Å². The zero-order valence-corrected chi connectivity index (χ0v) is 17.4. The van der Waals surface area contributed by atoms with E-state index < -0.39 is 42.2 Å². The first-order valence-electron chi connectivity index (χ1n) is 10.6.